The average molecular weight is 571 g/mol. The molecule has 4 rings (SSSR count). The minimum Gasteiger partial charge on any atom is -0.494 e. The number of halogens is 2. The Balaban J connectivity index is 1.33. The number of nitrogens with zero attached hydrogens (tertiary/aromatic N) is 2. The molecule has 41 heavy (non-hydrogen) atoms. The highest BCUT2D eigenvalue weighted by Crippen LogP contribution is 2.30. The molecule has 2 aromatic carbocycles. The van der Waals surface area contributed by atoms with Crippen LogP contribution in [-0.4, -0.2) is 70.8 Å². The van der Waals surface area contributed by atoms with Gasteiger partial charge in [0.1, 0.15) is 0 Å². The smallest absolute Gasteiger partial charge is 0.291 e. The Hall–Kier alpha value is -4.36. The first-order valence-corrected chi connectivity index (χ1v) is 12.9. The topological polar surface area (TPSA) is 147 Å². The van der Waals surface area contributed by atoms with Crippen LogP contribution in [-0.2, 0) is 11.8 Å². The molecule has 3 amide bonds. The number of aryl methyl sites for hydroxylation is 1. The monoisotopic (exact) mass is 570 g/mol. The normalized spacial score (nSPS) is 18.2. The van der Waals surface area contributed by atoms with Crippen molar-refractivity contribution < 1.29 is 33.0 Å². The summed E-state index contributed by atoms with van der Waals surface area (Å²) in [6.45, 7) is 4.13. The fraction of sp³-hybridized carbons (Fsp3) is 0.357. The van der Waals surface area contributed by atoms with Gasteiger partial charge < -0.3 is 35.7 Å². The lowest BCUT2D eigenvalue weighted by Gasteiger charge is -2.15. The zero-order valence-electron chi connectivity index (χ0n) is 23.1. The number of anilines is 1. The van der Waals surface area contributed by atoms with Gasteiger partial charge in [0.05, 0.1) is 30.6 Å². The largest absolute Gasteiger partial charge is 0.494 e. The van der Waals surface area contributed by atoms with Crippen molar-refractivity contribution in [2.45, 2.75) is 31.9 Å². The van der Waals surface area contributed by atoms with E-state index in [0.717, 1.165) is 0 Å². The van der Waals surface area contributed by atoms with Crippen LogP contribution in [0.2, 0.25) is 0 Å². The fourth-order valence-corrected chi connectivity index (χ4v) is 4.63. The Morgan fingerprint density at radius 3 is 2.54 bits per heavy atom. The third-order valence-corrected chi connectivity index (χ3v) is 6.86. The zero-order chi connectivity index (χ0) is 29.9. The van der Waals surface area contributed by atoms with E-state index in [0.29, 0.717) is 29.8 Å². The van der Waals surface area contributed by atoms with Gasteiger partial charge in [-0.05, 0) is 49.7 Å². The van der Waals surface area contributed by atoms with E-state index in [2.05, 4.69) is 26.3 Å². The van der Waals surface area contributed by atoms with Crippen LogP contribution in [0.5, 0.6) is 5.75 Å². The molecule has 218 valence electrons. The summed E-state index contributed by atoms with van der Waals surface area (Å²) in [5.41, 5.74) is 0.586. The molecule has 1 fully saturated rings. The number of nitrogens with one attached hydrogen (secondary N) is 4. The molecule has 3 aromatic rings. The summed E-state index contributed by atoms with van der Waals surface area (Å²) in [7, 11) is 2.74. The number of benzene rings is 2. The first-order valence-electron chi connectivity index (χ1n) is 12.9. The molecular formula is C28H32F2N6O5. The second kappa shape index (κ2) is 12.0. The molecule has 0 unspecified atom stereocenters. The lowest BCUT2D eigenvalue weighted by Crippen LogP contribution is -2.43. The van der Waals surface area contributed by atoms with E-state index in [-0.39, 0.29) is 47.7 Å². The van der Waals surface area contributed by atoms with Gasteiger partial charge in [-0.1, -0.05) is 0 Å². The van der Waals surface area contributed by atoms with E-state index in [4.69, 9.17) is 4.74 Å². The third kappa shape index (κ3) is 6.52. The number of methoxy groups -OCH3 is 1. The van der Waals surface area contributed by atoms with E-state index in [1.165, 1.54) is 37.1 Å². The van der Waals surface area contributed by atoms with Gasteiger partial charge in [-0.15, -0.1) is 0 Å². The zero-order valence-corrected chi connectivity index (χ0v) is 23.1. The maximum Gasteiger partial charge on any atom is 0.291 e. The van der Waals surface area contributed by atoms with Crippen LogP contribution >= 0.6 is 0 Å². The minimum absolute atomic E-state index is 0.0337. The first-order chi connectivity index (χ1) is 19.4. The molecule has 2 heterocycles. The first kappa shape index (κ1) is 29.6. The molecule has 11 nitrogen and oxygen atoms in total. The van der Waals surface area contributed by atoms with Crippen LogP contribution in [0.1, 0.15) is 39.9 Å². The molecular weight excluding hydrogens is 538 g/mol. The van der Waals surface area contributed by atoms with Crippen LogP contribution in [0.4, 0.5) is 14.5 Å². The van der Waals surface area contributed by atoms with Crippen molar-refractivity contribution in [3.05, 3.63) is 65.1 Å². The number of rotatable bonds is 9. The quantitative estimate of drug-likeness (QED) is 0.247. The maximum absolute atomic E-state index is 14.6. The molecule has 1 aromatic heterocycles. The lowest BCUT2D eigenvalue weighted by molar-refractivity contribution is -0.123. The van der Waals surface area contributed by atoms with Crippen LogP contribution in [0.3, 0.4) is 0 Å². The van der Waals surface area contributed by atoms with E-state index in [9.17, 15) is 28.3 Å². The van der Waals surface area contributed by atoms with Gasteiger partial charge >= 0.3 is 0 Å². The maximum atomic E-state index is 14.6. The Kier molecular flexibility index (Phi) is 8.69. The van der Waals surface area contributed by atoms with Gasteiger partial charge in [-0.3, -0.25) is 14.4 Å². The standard InChI is InChI=1S/C28H32F2N6O5/c1-15-11-16(5-6-17(15)25(37)31-9-10-32-26(38)19-12-28(2,40)14-34-19)35-27(39)24-33-13-20(36(24)3)18-7-8-21(41-4)23(30)22(18)29/h5-8,11,13,19,34,40H,9-10,12,14H2,1-4H3,(H,31,37)(H,32,38)(H,35,39)/t19-,28-/m1/s1. The third-order valence-electron chi connectivity index (χ3n) is 6.86. The van der Waals surface area contributed by atoms with Gasteiger partial charge in [0.25, 0.3) is 11.8 Å². The van der Waals surface area contributed by atoms with Crippen molar-refractivity contribution in [1.82, 2.24) is 25.5 Å². The van der Waals surface area contributed by atoms with Crippen molar-refractivity contribution in [2.75, 3.05) is 32.1 Å². The Morgan fingerprint density at radius 2 is 1.88 bits per heavy atom. The van der Waals surface area contributed by atoms with Crippen molar-refractivity contribution in [2.24, 2.45) is 7.05 Å². The second-order valence-corrected chi connectivity index (χ2v) is 10.1. The van der Waals surface area contributed by atoms with E-state index < -0.39 is 29.2 Å². The molecule has 1 saturated heterocycles. The Labute approximate surface area is 235 Å². The molecule has 0 radical (unpaired) electrons. The van der Waals surface area contributed by atoms with Gasteiger partial charge in [0.2, 0.25) is 11.7 Å². The number of amides is 3. The molecule has 0 saturated carbocycles. The number of ether oxygens (including phenoxy) is 1. The number of hydrogen-bond acceptors (Lipinski definition) is 7. The predicted octanol–water partition coefficient (Wildman–Crippen LogP) is 1.89. The summed E-state index contributed by atoms with van der Waals surface area (Å²) in [5.74, 6) is -3.70. The number of aromatic nitrogens is 2. The molecule has 1 aliphatic rings. The Bertz CT molecular complexity index is 1490. The SMILES string of the molecule is COc1ccc(-c2cnc(C(=O)Nc3ccc(C(=O)NCCNC(=O)[C@H]4C[C@@](C)(O)CN4)c(C)c3)n2C)c(F)c1F. The van der Waals surface area contributed by atoms with Gasteiger partial charge in [0, 0.05) is 49.9 Å². The van der Waals surface area contributed by atoms with Crippen LogP contribution in [0.25, 0.3) is 11.3 Å². The van der Waals surface area contributed by atoms with Crippen molar-refractivity contribution in [1.29, 1.82) is 0 Å². The fourth-order valence-electron chi connectivity index (χ4n) is 4.63. The molecule has 0 bridgehead atoms. The average Bonchev–Trinajstić information content (AvgIpc) is 3.49. The number of aliphatic hydroxyl groups is 1. The summed E-state index contributed by atoms with van der Waals surface area (Å²) < 4.78 is 34.9. The van der Waals surface area contributed by atoms with Crippen molar-refractivity contribution in [3.63, 3.8) is 0 Å². The minimum atomic E-state index is -1.14. The molecule has 5 N–H and O–H groups in total. The summed E-state index contributed by atoms with van der Waals surface area (Å²) in [4.78, 5) is 41.8. The summed E-state index contributed by atoms with van der Waals surface area (Å²) in [6, 6.07) is 6.89. The van der Waals surface area contributed by atoms with E-state index in [1.807, 2.05) is 0 Å². The lowest BCUT2D eigenvalue weighted by atomic mass is 10.0. The van der Waals surface area contributed by atoms with Crippen molar-refractivity contribution >= 4 is 23.4 Å². The molecule has 2 atom stereocenters. The van der Waals surface area contributed by atoms with Crippen LogP contribution in [0, 0.1) is 18.6 Å². The summed E-state index contributed by atoms with van der Waals surface area (Å²) in [6.07, 6.45) is 1.59. The highest BCUT2D eigenvalue weighted by molar-refractivity contribution is 6.03. The number of carbonyl (C=O) groups is 3. The van der Waals surface area contributed by atoms with E-state index in [1.54, 1.807) is 32.0 Å². The number of hydrogen-bond donors (Lipinski definition) is 5. The molecule has 0 aliphatic carbocycles. The number of β-amino-alcohol motifs (C(OH)–C–C–N with tert-alkyl or cyclic N) is 1. The highest BCUT2D eigenvalue weighted by atomic mass is 19.2. The molecule has 0 spiro atoms. The summed E-state index contributed by atoms with van der Waals surface area (Å²) in [5, 5.41) is 21.1. The van der Waals surface area contributed by atoms with Crippen LogP contribution in [0.15, 0.2) is 36.5 Å². The van der Waals surface area contributed by atoms with Gasteiger partial charge in [-0.2, -0.15) is 4.39 Å². The van der Waals surface area contributed by atoms with E-state index >= 15 is 0 Å². The summed E-state index contributed by atoms with van der Waals surface area (Å²) >= 11 is 0. The molecule has 13 heteroatoms. The number of carbonyl (C=O) groups excluding carboxylic acids is 3. The molecule has 1 aliphatic heterocycles. The Morgan fingerprint density at radius 1 is 1.15 bits per heavy atom. The van der Waals surface area contributed by atoms with Crippen LogP contribution < -0.4 is 26.0 Å². The second-order valence-electron chi connectivity index (χ2n) is 10.1. The van der Waals surface area contributed by atoms with Gasteiger partial charge in [0.15, 0.2) is 17.4 Å². The van der Waals surface area contributed by atoms with Crippen molar-refractivity contribution in [3.8, 4) is 17.0 Å². The number of imidazole rings is 1. The highest BCUT2D eigenvalue weighted by Gasteiger charge is 2.36. The van der Waals surface area contributed by atoms with Gasteiger partial charge in [-0.25, -0.2) is 9.37 Å². The predicted molar refractivity (Wildman–Crippen MR) is 147 cm³/mol.